The summed E-state index contributed by atoms with van der Waals surface area (Å²) in [5.74, 6) is 0.157. The molecule has 0 saturated carbocycles. The number of rotatable bonds is 9. The zero-order valence-corrected chi connectivity index (χ0v) is 21.4. The Morgan fingerprint density at radius 1 is 1.06 bits per heavy atom. The predicted molar refractivity (Wildman–Crippen MR) is 142 cm³/mol. The average molecular weight is 490 g/mol. The first-order valence-electron chi connectivity index (χ1n) is 11.5. The third kappa shape index (κ3) is 5.05. The molecule has 36 heavy (non-hydrogen) atoms. The molecule has 0 aliphatic rings. The summed E-state index contributed by atoms with van der Waals surface area (Å²) in [5, 5.41) is 6.31. The molecule has 0 aliphatic heterocycles. The molecule has 0 bridgehead atoms. The first-order valence-corrected chi connectivity index (χ1v) is 11.5. The number of benzene rings is 1. The number of aryl methyl sites for hydroxylation is 1. The number of imidazole rings is 1. The van der Waals surface area contributed by atoms with Crippen molar-refractivity contribution in [2.75, 3.05) is 63.9 Å². The number of fused-ring (bicyclic) bond motifs is 1. The normalized spacial score (nSPS) is 11.1. The number of likely N-dealkylation sites (N-methyl/N-ethyl adjacent to an activating group) is 2. The number of nitrogens with zero attached hydrogens (tertiary/aromatic N) is 7. The standard InChI is InChI=1S/C25H31N9O2/c1-26-23-21(18-13-27-14-19-20(18)28-15-34(19)5)30-22(25(35)36-6)24(31-23)29-16-7-9-17(10-8-16)33(4)12-11-32(2)3/h7-10,13-15H,11-12H2,1-6H3,(H2,26,29,31). The molecule has 0 fully saturated rings. The molecule has 0 amide bonds. The summed E-state index contributed by atoms with van der Waals surface area (Å²) in [5.41, 5.74) is 4.58. The Morgan fingerprint density at radius 2 is 1.81 bits per heavy atom. The maximum Gasteiger partial charge on any atom is 0.360 e. The Morgan fingerprint density at radius 3 is 2.47 bits per heavy atom. The molecule has 4 aromatic rings. The summed E-state index contributed by atoms with van der Waals surface area (Å²) in [7, 11) is 11.1. The van der Waals surface area contributed by atoms with Gasteiger partial charge in [-0.05, 0) is 38.4 Å². The second-order valence-corrected chi connectivity index (χ2v) is 8.67. The number of hydrogen-bond acceptors (Lipinski definition) is 10. The number of aromatic nitrogens is 5. The molecule has 4 rings (SSSR count). The van der Waals surface area contributed by atoms with Gasteiger partial charge in [-0.3, -0.25) is 4.98 Å². The minimum atomic E-state index is -0.602. The fourth-order valence-electron chi connectivity index (χ4n) is 3.75. The number of carbonyl (C=O) groups excluding carboxylic acids is 1. The molecule has 11 nitrogen and oxygen atoms in total. The first-order chi connectivity index (χ1) is 17.3. The quantitative estimate of drug-likeness (QED) is 0.340. The summed E-state index contributed by atoms with van der Waals surface area (Å²) >= 11 is 0. The minimum absolute atomic E-state index is 0.0617. The van der Waals surface area contributed by atoms with E-state index >= 15 is 0 Å². The second kappa shape index (κ2) is 10.6. The lowest BCUT2D eigenvalue weighted by molar-refractivity contribution is 0.0595. The van der Waals surface area contributed by atoms with Gasteiger partial charge in [-0.15, -0.1) is 0 Å². The van der Waals surface area contributed by atoms with Crippen LogP contribution in [-0.2, 0) is 11.8 Å². The summed E-state index contributed by atoms with van der Waals surface area (Å²) < 4.78 is 6.89. The molecule has 3 aromatic heterocycles. The van der Waals surface area contributed by atoms with Gasteiger partial charge >= 0.3 is 5.97 Å². The number of hydrogen-bond donors (Lipinski definition) is 2. The molecule has 188 valence electrons. The number of esters is 1. The van der Waals surface area contributed by atoms with Gasteiger partial charge in [0.25, 0.3) is 0 Å². The van der Waals surface area contributed by atoms with Crippen molar-refractivity contribution in [3.63, 3.8) is 0 Å². The van der Waals surface area contributed by atoms with Crippen molar-refractivity contribution >= 4 is 40.0 Å². The molecule has 0 aliphatic carbocycles. The van der Waals surface area contributed by atoms with Crippen LogP contribution in [0.4, 0.5) is 23.0 Å². The number of ether oxygens (including phenoxy) is 1. The lowest BCUT2D eigenvalue weighted by Crippen LogP contribution is -2.28. The Balaban J connectivity index is 1.70. The van der Waals surface area contributed by atoms with Gasteiger partial charge in [0, 0.05) is 51.8 Å². The van der Waals surface area contributed by atoms with Crippen molar-refractivity contribution in [1.29, 1.82) is 0 Å². The SMILES string of the molecule is CNc1nc(Nc2ccc(N(C)CCN(C)C)cc2)c(C(=O)OC)nc1-c1cncc2c1ncn2C. The lowest BCUT2D eigenvalue weighted by atomic mass is 10.1. The number of methoxy groups -OCH3 is 1. The van der Waals surface area contributed by atoms with Gasteiger partial charge in [-0.25, -0.2) is 19.7 Å². The largest absolute Gasteiger partial charge is 0.464 e. The van der Waals surface area contributed by atoms with E-state index in [1.807, 2.05) is 35.9 Å². The van der Waals surface area contributed by atoms with Crippen molar-refractivity contribution in [3.8, 4) is 11.3 Å². The van der Waals surface area contributed by atoms with Crippen molar-refractivity contribution in [2.24, 2.45) is 7.05 Å². The molecule has 2 N–H and O–H groups in total. The maximum atomic E-state index is 12.7. The fourth-order valence-corrected chi connectivity index (χ4v) is 3.75. The van der Waals surface area contributed by atoms with E-state index in [4.69, 9.17) is 4.74 Å². The van der Waals surface area contributed by atoms with Gasteiger partial charge < -0.3 is 29.7 Å². The molecule has 3 heterocycles. The van der Waals surface area contributed by atoms with Crippen molar-refractivity contribution in [2.45, 2.75) is 0 Å². The van der Waals surface area contributed by atoms with Crippen molar-refractivity contribution < 1.29 is 9.53 Å². The topological polar surface area (TPSA) is 113 Å². The molecule has 1 aromatic carbocycles. The molecule has 0 unspecified atom stereocenters. The highest BCUT2D eigenvalue weighted by Crippen LogP contribution is 2.32. The Hall–Kier alpha value is -4.25. The summed E-state index contributed by atoms with van der Waals surface area (Å²) in [6.45, 7) is 1.86. The summed E-state index contributed by atoms with van der Waals surface area (Å²) in [6, 6.07) is 7.92. The predicted octanol–water partition coefficient (Wildman–Crippen LogP) is 3.00. The van der Waals surface area contributed by atoms with Gasteiger partial charge in [0.15, 0.2) is 17.3 Å². The van der Waals surface area contributed by atoms with Crippen LogP contribution in [0.2, 0.25) is 0 Å². The summed E-state index contributed by atoms with van der Waals surface area (Å²) in [4.78, 5) is 35.2. The van der Waals surface area contributed by atoms with E-state index in [9.17, 15) is 4.79 Å². The van der Waals surface area contributed by atoms with E-state index in [0.717, 1.165) is 30.0 Å². The molecule has 0 radical (unpaired) electrons. The van der Waals surface area contributed by atoms with Crippen LogP contribution in [-0.4, -0.2) is 83.8 Å². The Bertz CT molecular complexity index is 1370. The average Bonchev–Trinajstić information content (AvgIpc) is 3.27. The molecule has 0 saturated heterocycles. The highest BCUT2D eigenvalue weighted by Gasteiger charge is 2.23. The zero-order chi connectivity index (χ0) is 25.8. The summed E-state index contributed by atoms with van der Waals surface area (Å²) in [6.07, 6.45) is 5.11. The van der Waals surface area contributed by atoms with E-state index in [0.29, 0.717) is 22.6 Å². The Labute approximate surface area is 210 Å². The van der Waals surface area contributed by atoms with Crippen LogP contribution in [0.15, 0.2) is 43.0 Å². The van der Waals surface area contributed by atoms with Crippen LogP contribution in [0.3, 0.4) is 0 Å². The molecule has 0 atom stereocenters. The van der Waals surface area contributed by atoms with E-state index in [-0.39, 0.29) is 11.5 Å². The maximum absolute atomic E-state index is 12.7. The van der Waals surface area contributed by atoms with Crippen LogP contribution in [0.5, 0.6) is 0 Å². The number of nitrogens with one attached hydrogen (secondary N) is 2. The third-order valence-corrected chi connectivity index (χ3v) is 5.86. The lowest BCUT2D eigenvalue weighted by Gasteiger charge is -2.22. The van der Waals surface area contributed by atoms with Gasteiger partial charge in [-0.1, -0.05) is 0 Å². The van der Waals surface area contributed by atoms with Crippen molar-refractivity contribution in [1.82, 2.24) is 29.4 Å². The van der Waals surface area contributed by atoms with Gasteiger partial charge in [0.2, 0.25) is 0 Å². The van der Waals surface area contributed by atoms with Gasteiger partial charge in [-0.2, -0.15) is 0 Å². The number of pyridine rings is 1. The van der Waals surface area contributed by atoms with E-state index in [1.54, 1.807) is 25.8 Å². The number of carbonyl (C=O) groups is 1. The van der Waals surface area contributed by atoms with Crippen LogP contribution in [0, 0.1) is 0 Å². The monoisotopic (exact) mass is 489 g/mol. The highest BCUT2D eigenvalue weighted by molar-refractivity contribution is 5.98. The van der Waals surface area contributed by atoms with Crippen LogP contribution < -0.4 is 15.5 Å². The van der Waals surface area contributed by atoms with Crippen molar-refractivity contribution in [3.05, 3.63) is 48.7 Å². The van der Waals surface area contributed by atoms with E-state index in [1.165, 1.54) is 7.11 Å². The smallest absolute Gasteiger partial charge is 0.360 e. The highest BCUT2D eigenvalue weighted by atomic mass is 16.5. The molecular formula is C25H31N9O2. The fraction of sp³-hybridized carbons (Fsp3) is 0.320. The second-order valence-electron chi connectivity index (χ2n) is 8.67. The third-order valence-electron chi connectivity index (χ3n) is 5.86. The first kappa shape index (κ1) is 24.9. The molecular weight excluding hydrogens is 458 g/mol. The van der Waals surface area contributed by atoms with E-state index in [2.05, 4.69) is 61.5 Å². The van der Waals surface area contributed by atoms with Crippen LogP contribution >= 0.6 is 0 Å². The molecule has 0 spiro atoms. The zero-order valence-electron chi connectivity index (χ0n) is 21.4. The molecule has 11 heteroatoms. The number of anilines is 4. The van der Waals surface area contributed by atoms with Gasteiger partial charge in [0.05, 0.1) is 30.7 Å². The van der Waals surface area contributed by atoms with E-state index < -0.39 is 5.97 Å². The van der Waals surface area contributed by atoms with Gasteiger partial charge in [0.1, 0.15) is 11.2 Å². The minimum Gasteiger partial charge on any atom is -0.464 e. The van der Waals surface area contributed by atoms with Crippen LogP contribution in [0.25, 0.3) is 22.3 Å². The van der Waals surface area contributed by atoms with Crippen LogP contribution in [0.1, 0.15) is 10.5 Å². The Kier molecular flexibility index (Phi) is 7.30.